The van der Waals surface area contributed by atoms with Gasteiger partial charge in [-0.1, -0.05) is 49.7 Å². The first-order chi connectivity index (χ1) is 13.1. The summed E-state index contributed by atoms with van der Waals surface area (Å²) in [6.45, 7) is 4.32. The average molecular weight is 384 g/mol. The molecule has 1 heterocycles. The number of aryl methyl sites for hydroxylation is 1. The van der Waals surface area contributed by atoms with E-state index in [2.05, 4.69) is 5.32 Å². The second-order valence-electron chi connectivity index (χ2n) is 6.09. The van der Waals surface area contributed by atoms with Crippen molar-refractivity contribution in [2.24, 2.45) is 0 Å². The highest BCUT2D eigenvalue weighted by Gasteiger charge is 2.17. The van der Waals surface area contributed by atoms with Gasteiger partial charge in [0.05, 0.1) is 0 Å². The van der Waals surface area contributed by atoms with Crippen LogP contribution >= 0.6 is 11.6 Å². The molecule has 3 rings (SSSR count). The highest BCUT2D eigenvalue weighted by atomic mass is 35.5. The zero-order chi connectivity index (χ0) is 19.2. The molecule has 1 N–H and O–H groups in total. The lowest BCUT2D eigenvalue weighted by atomic mass is 10.0. The smallest absolute Gasteiger partial charge is 0.291 e. The summed E-state index contributed by atoms with van der Waals surface area (Å²) in [7, 11) is 0. The van der Waals surface area contributed by atoms with Crippen LogP contribution in [0.1, 0.15) is 41.3 Å². The average Bonchev–Trinajstić information content (AvgIpc) is 3.17. The minimum absolute atomic E-state index is 0.241. The van der Waals surface area contributed by atoms with Gasteiger partial charge in [-0.25, -0.2) is 0 Å². The Kier molecular flexibility index (Phi) is 6.20. The van der Waals surface area contributed by atoms with E-state index in [0.29, 0.717) is 10.8 Å². The fourth-order valence-corrected chi connectivity index (χ4v) is 3.18. The molecule has 0 bridgehead atoms. The maximum Gasteiger partial charge on any atom is 0.291 e. The lowest BCUT2D eigenvalue weighted by Crippen LogP contribution is -2.14. The van der Waals surface area contributed by atoms with Crippen LogP contribution in [0.3, 0.4) is 0 Å². The Balaban J connectivity index is 1.72. The van der Waals surface area contributed by atoms with Crippen molar-refractivity contribution in [3.8, 4) is 5.75 Å². The maximum atomic E-state index is 12.7. The topological polar surface area (TPSA) is 51.5 Å². The van der Waals surface area contributed by atoms with E-state index in [4.69, 9.17) is 20.8 Å². The second-order valence-corrected chi connectivity index (χ2v) is 6.50. The van der Waals surface area contributed by atoms with Gasteiger partial charge in [-0.15, -0.1) is 0 Å². The molecule has 0 spiro atoms. The van der Waals surface area contributed by atoms with Crippen LogP contribution in [0, 0.1) is 0 Å². The van der Waals surface area contributed by atoms with Gasteiger partial charge in [0.1, 0.15) is 18.1 Å². The number of nitrogens with one attached hydrogen (secondary N) is 1. The molecule has 140 valence electrons. The van der Waals surface area contributed by atoms with E-state index in [1.165, 1.54) is 0 Å². The third-order valence-corrected chi connectivity index (χ3v) is 4.68. The molecule has 1 amide bonds. The first-order valence-corrected chi connectivity index (χ1v) is 9.38. The zero-order valence-electron chi connectivity index (χ0n) is 15.4. The van der Waals surface area contributed by atoms with Gasteiger partial charge >= 0.3 is 0 Å². The number of carbonyl (C=O) groups is 1. The number of ether oxygens (including phenoxy) is 1. The van der Waals surface area contributed by atoms with Gasteiger partial charge < -0.3 is 14.5 Å². The minimum atomic E-state index is -0.298. The number of amides is 1. The number of benzene rings is 2. The quantitative estimate of drug-likeness (QED) is 0.553. The van der Waals surface area contributed by atoms with Crippen LogP contribution in [0.2, 0.25) is 5.02 Å². The number of furan rings is 1. The van der Waals surface area contributed by atoms with E-state index in [-0.39, 0.29) is 18.3 Å². The van der Waals surface area contributed by atoms with Gasteiger partial charge in [0.2, 0.25) is 0 Å². The maximum absolute atomic E-state index is 12.7. The fourth-order valence-electron chi connectivity index (χ4n) is 2.89. The van der Waals surface area contributed by atoms with Crippen LogP contribution in [0.5, 0.6) is 5.75 Å². The molecule has 0 fully saturated rings. The molecule has 0 atom stereocenters. The van der Waals surface area contributed by atoms with Crippen molar-refractivity contribution in [1.82, 2.24) is 0 Å². The van der Waals surface area contributed by atoms with Crippen molar-refractivity contribution in [3.63, 3.8) is 0 Å². The summed E-state index contributed by atoms with van der Waals surface area (Å²) in [5, 5.41) is 3.62. The molecule has 0 unspecified atom stereocenters. The molecule has 0 radical (unpaired) electrons. The van der Waals surface area contributed by atoms with E-state index < -0.39 is 0 Å². The predicted octanol–water partition coefficient (Wildman–Crippen LogP) is 5.89. The molecule has 0 aliphatic heterocycles. The number of para-hydroxylation sites is 1. The van der Waals surface area contributed by atoms with Gasteiger partial charge in [-0.2, -0.15) is 0 Å². The monoisotopic (exact) mass is 383 g/mol. The first-order valence-electron chi connectivity index (χ1n) is 9.00. The minimum Gasteiger partial charge on any atom is -0.486 e. The van der Waals surface area contributed by atoms with Gasteiger partial charge in [-0.05, 0) is 54.3 Å². The molecule has 27 heavy (non-hydrogen) atoms. The van der Waals surface area contributed by atoms with Crippen molar-refractivity contribution in [1.29, 1.82) is 0 Å². The largest absolute Gasteiger partial charge is 0.486 e. The molecule has 4 nitrogen and oxygen atoms in total. The Morgan fingerprint density at radius 2 is 1.81 bits per heavy atom. The van der Waals surface area contributed by atoms with Crippen molar-refractivity contribution in [2.75, 3.05) is 5.32 Å². The molecule has 0 aliphatic carbocycles. The van der Waals surface area contributed by atoms with E-state index in [9.17, 15) is 4.79 Å². The van der Waals surface area contributed by atoms with Crippen LogP contribution in [0.15, 0.2) is 59.0 Å². The second kappa shape index (κ2) is 8.78. The Morgan fingerprint density at radius 1 is 1.04 bits per heavy atom. The number of rotatable bonds is 7. The predicted molar refractivity (Wildman–Crippen MR) is 108 cm³/mol. The summed E-state index contributed by atoms with van der Waals surface area (Å²) in [6, 6.07) is 16.7. The van der Waals surface area contributed by atoms with E-state index >= 15 is 0 Å². The summed E-state index contributed by atoms with van der Waals surface area (Å²) in [4.78, 5) is 12.7. The Morgan fingerprint density at radius 3 is 2.52 bits per heavy atom. The third kappa shape index (κ3) is 4.52. The van der Waals surface area contributed by atoms with E-state index in [1.807, 2.05) is 56.3 Å². The van der Waals surface area contributed by atoms with Gasteiger partial charge in [-0.3, -0.25) is 4.79 Å². The Labute approximate surface area is 164 Å². The lowest BCUT2D eigenvalue weighted by Gasteiger charge is -2.15. The number of carbonyl (C=O) groups excluding carboxylic acids is 1. The zero-order valence-corrected chi connectivity index (χ0v) is 16.2. The molecular weight excluding hydrogens is 362 g/mol. The standard InChI is InChI=1S/C22H22ClNO3/c1-3-15-10-12-19(23)18(4-2)21(15)24-22(25)20-13-11-17(27-20)14-26-16-8-6-5-7-9-16/h5-13H,3-4,14H2,1-2H3,(H,24,25). The van der Waals surface area contributed by atoms with Crippen LogP contribution < -0.4 is 10.1 Å². The van der Waals surface area contributed by atoms with Crippen molar-refractivity contribution < 1.29 is 13.9 Å². The summed E-state index contributed by atoms with van der Waals surface area (Å²) in [5.41, 5.74) is 2.75. The van der Waals surface area contributed by atoms with Crippen LogP contribution in [0.25, 0.3) is 0 Å². The summed E-state index contributed by atoms with van der Waals surface area (Å²) >= 11 is 6.30. The van der Waals surface area contributed by atoms with Gasteiger partial charge in [0, 0.05) is 10.7 Å². The molecule has 1 aromatic heterocycles. The molecule has 3 aromatic rings. The normalized spacial score (nSPS) is 10.6. The van der Waals surface area contributed by atoms with E-state index in [0.717, 1.165) is 35.4 Å². The molecule has 0 aliphatic rings. The fraction of sp³-hybridized carbons (Fsp3) is 0.227. The van der Waals surface area contributed by atoms with Gasteiger partial charge in [0.25, 0.3) is 5.91 Å². The molecule has 2 aromatic carbocycles. The van der Waals surface area contributed by atoms with Crippen molar-refractivity contribution in [3.05, 3.63) is 82.3 Å². The third-order valence-electron chi connectivity index (χ3n) is 4.32. The lowest BCUT2D eigenvalue weighted by molar-refractivity contribution is 0.0992. The van der Waals surface area contributed by atoms with Gasteiger partial charge in [0.15, 0.2) is 5.76 Å². The molecule has 0 saturated heterocycles. The SMILES string of the molecule is CCc1ccc(Cl)c(CC)c1NC(=O)c1ccc(COc2ccccc2)o1. The van der Waals surface area contributed by atoms with Crippen LogP contribution in [-0.2, 0) is 19.4 Å². The van der Waals surface area contributed by atoms with Crippen LogP contribution in [0.4, 0.5) is 5.69 Å². The Hall–Kier alpha value is -2.72. The first kappa shape index (κ1) is 19.1. The Bertz CT molecular complexity index is 919. The number of hydrogen-bond acceptors (Lipinski definition) is 3. The highest BCUT2D eigenvalue weighted by molar-refractivity contribution is 6.32. The molecular formula is C22H22ClNO3. The summed E-state index contributed by atoms with van der Waals surface area (Å²) in [6.07, 6.45) is 1.53. The van der Waals surface area contributed by atoms with E-state index in [1.54, 1.807) is 12.1 Å². The number of hydrogen-bond donors (Lipinski definition) is 1. The highest BCUT2D eigenvalue weighted by Crippen LogP contribution is 2.30. The van der Waals surface area contributed by atoms with Crippen LogP contribution in [-0.4, -0.2) is 5.91 Å². The number of halogens is 1. The summed E-state index contributed by atoms with van der Waals surface area (Å²) < 4.78 is 11.3. The number of anilines is 1. The molecule has 0 saturated carbocycles. The molecule has 5 heteroatoms. The summed E-state index contributed by atoms with van der Waals surface area (Å²) in [5.74, 6) is 1.28. The van der Waals surface area contributed by atoms with Crippen molar-refractivity contribution in [2.45, 2.75) is 33.3 Å². The van der Waals surface area contributed by atoms with Crippen molar-refractivity contribution >= 4 is 23.2 Å².